The van der Waals surface area contributed by atoms with Crippen LogP contribution in [0.1, 0.15) is 63.8 Å². The van der Waals surface area contributed by atoms with E-state index in [4.69, 9.17) is 18.6 Å². The normalized spacial score (nSPS) is 11.4. The zero-order chi connectivity index (χ0) is 38.4. The van der Waals surface area contributed by atoms with Gasteiger partial charge in [0.25, 0.3) is 0 Å². The van der Waals surface area contributed by atoms with E-state index in [1.54, 1.807) is 12.4 Å². The van der Waals surface area contributed by atoms with Crippen LogP contribution in [0.3, 0.4) is 0 Å². The third kappa shape index (κ3) is 12.3. The van der Waals surface area contributed by atoms with Gasteiger partial charge in [-0.25, -0.2) is 0 Å². The summed E-state index contributed by atoms with van der Waals surface area (Å²) in [4.78, 5) is 9.02. The summed E-state index contributed by atoms with van der Waals surface area (Å²) in [6.45, 7) is 13.2. The fraction of sp³-hybridized carbons (Fsp3) is 0.174. The molecule has 0 saturated heterocycles. The average molecular weight is 778 g/mol. The number of nitrogens with zero attached hydrogens (tertiary/aromatic N) is 2. The summed E-state index contributed by atoms with van der Waals surface area (Å²) in [6, 6.07) is 47.6. The molecule has 0 bridgehead atoms. The van der Waals surface area contributed by atoms with E-state index in [2.05, 4.69) is 75.8 Å². The Bertz CT molecular complexity index is 1930. The van der Waals surface area contributed by atoms with Crippen LogP contribution in [0.2, 0.25) is 0 Å². The zero-order valence-corrected chi connectivity index (χ0v) is 34.1. The van der Waals surface area contributed by atoms with Crippen molar-refractivity contribution >= 4 is 42.4 Å². The van der Waals surface area contributed by atoms with Crippen LogP contribution >= 0.6 is 18.6 Å². The molecule has 2 N–H and O–H groups in total. The van der Waals surface area contributed by atoms with Crippen molar-refractivity contribution in [2.75, 3.05) is 0 Å². The van der Waals surface area contributed by atoms with Crippen LogP contribution in [0, 0.1) is 0 Å². The van der Waals surface area contributed by atoms with Gasteiger partial charge in [0.15, 0.2) is 0 Å². The van der Waals surface area contributed by atoms with Crippen molar-refractivity contribution in [1.82, 2.24) is 0 Å². The van der Waals surface area contributed by atoms with Gasteiger partial charge in [0, 0.05) is 34.7 Å². The number of phenols is 2. The molecule has 270 valence electrons. The summed E-state index contributed by atoms with van der Waals surface area (Å²) in [6.07, 6.45) is 3.43. The van der Waals surface area contributed by atoms with E-state index in [1.807, 2.05) is 121 Å². The molecule has 0 saturated carbocycles. The van der Waals surface area contributed by atoms with E-state index in [9.17, 15) is 10.2 Å². The summed E-state index contributed by atoms with van der Waals surface area (Å²) in [5.41, 5.74) is 9.59. The molecule has 0 radical (unpaired) electrons. The predicted molar refractivity (Wildman–Crippen MR) is 224 cm³/mol. The molecule has 7 heteroatoms. The molecule has 0 amide bonds. The quantitative estimate of drug-likeness (QED) is 0.131. The third-order valence-corrected chi connectivity index (χ3v) is 8.48. The number of phenolic OH excluding ortho intramolecular Hbond substituents is 2. The van der Waals surface area contributed by atoms with Gasteiger partial charge in [-0.1, -0.05) is 151 Å². The fourth-order valence-electron chi connectivity index (χ4n) is 5.42. The molecule has 53 heavy (non-hydrogen) atoms. The minimum atomic E-state index is -0.556. The van der Waals surface area contributed by atoms with Crippen LogP contribution in [0.25, 0.3) is 22.3 Å². The van der Waals surface area contributed by atoms with Gasteiger partial charge in [-0.15, -0.1) is 0 Å². The Morgan fingerprint density at radius 2 is 0.774 bits per heavy atom. The van der Waals surface area contributed by atoms with Crippen molar-refractivity contribution in [3.8, 4) is 33.8 Å². The number of aliphatic imine (C=N–C) groups is 2. The first-order chi connectivity index (χ1) is 25.3. The Morgan fingerprint density at radius 1 is 0.453 bits per heavy atom. The second-order valence-corrected chi connectivity index (χ2v) is 17.0. The van der Waals surface area contributed by atoms with Crippen molar-refractivity contribution < 1.29 is 27.2 Å². The monoisotopic (exact) mass is 776 g/mol. The van der Waals surface area contributed by atoms with E-state index in [1.165, 1.54) is 11.1 Å². The number of halogens is 2. The molecule has 0 heterocycles. The molecule has 0 fully saturated rings. The number of aromatic hydroxyl groups is 2. The average Bonchev–Trinajstić information content (AvgIpc) is 3.15. The number of benzene rings is 6. The van der Waals surface area contributed by atoms with Crippen molar-refractivity contribution in [2.45, 2.75) is 52.4 Å². The molecular formula is C46H46Cl2N2O2Ti. The topological polar surface area (TPSA) is 65.2 Å². The Kier molecular flexibility index (Phi) is 15.3. The molecule has 0 aliphatic heterocycles. The minimum absolute atomic E-state index is 0.129. The van der Waals surface area contributed by atoms with Crippen molar-refractivity contribution in [1.29, 1.82) is 0 Å². The van der Waals surface area contributed by atoms with Crippen LogP contribution in [0.4, 0.5) is 11.4 Å². The summed E-state index contributed by atoms with van der Waals surface area (Å²) < 4.78 is 0. The van der Waals surface area contributed by atoms with E-state index in [0.717, 1.165) is 33.6 Å². The van der Waals surface area contributed by atoms with Crippen LogP contribution in [0.15, 0.2) is 156 Å². The molecule has 6 aromatic carbocycles. The first-order valence-corrected chi connectivity index (χ1v) is 21.6. The summed E-state index contributed by atoms with van der Waals surface area (Å²) >= 11 is -0.556. The molecule has 0 aliphatic carbocycles. The van der Waals surface area contributed by atoms with Gasteiger partial charge in [-0.2, -0.15) is 0 Å². The van der Waals surface area contributed by atoms with E-state index in [0.29, 0.717) is 11.1 Å². The van der Waals surface area contributed by atoms with E-state index in [-0.39, 0.29) is 22.3 Å². The summed E-state index contributed by atoms with van der Waals surface area (Å²) in [5, 5.41) is 21.2. The van der Waals surface area contributed by atoms with Gasteiger partial charge in [-0.05, 0) is 69.5 Å². The van der Waals surface area contributed by atoms with Crippen molar-refractivity contribution in [3.63, 3.8) is 0 Å². The van der Waals surface area contributed by atoms with Crippen LogP contribution in [0.5, 0.6) is 11.5 Å². The van der Waals surface area contributed by atoms with E-state index < -0.39 is 17.0 Å². The first kappa shape index (κ1) is 41.3. The summed E-state index contributed by atoms with van der Waals surface area (Å²) in [5.74, 6) is 0.507. The van der Waals surface area contributed by atoms with Gasteiger partial charge in [0.1, 0.15) is 11.5 Å². The molecule has 4 nitrogen and oxygen atoms in total. The molecule has 0 spiro atoms. The molecule has 0 unspecified atom stereocenters. The second-order valence-electron chi connectivity index (χ2n) is 14.4. The van der Waals surface area contributed by atoms with Gasteiger partial charge in [0.2, 0.25) is 0 Å². The van der Waals surface area contributed by atoms with Crippen LogP contribution in [-0.4, -0.2) is 22.6 Å². The Hall–Kier alpha value is -4.45. The molecule has 0 aromatic heterocycles. The van der Waals surface area contributed by atoms with Gasteiger partial charge < -0.3 is 10.2 Å². The number of para-hydroxylation sites is 2. The van der Waals surface area contributed by atoms with Crippen molar-refractivity contribution in [3.05, 3.63) is 168 Å². The van der Waals surface area contributed by atoms with E-state index >= 15 is 0 Å². The van der Waals surface area contributed by atoms with Crippen LogP contribution < -0.4 is 0 Å². The Labute approximate surface area is 331 Å². The first-order valence-electron chi connectivity index (χ1n) is 17.3. The molecule has 0 atom stereocenters. The SMILES string of the molecule is CC(C)(C)c1ccc(N=Cc2cccc(-c3ccccc3)c2O)cc1.CC(C)(C)c1ccc(N=Cc2cccc(-c3ccccc3)c2O)cc1.[Cl][Ti][Cl]. The molecular weight excluding hydrogens is 731 g/mol. The Morgan fingerprint density at radius 3 is 1.08 bits per heavy atom. The van der Waals surface area contributed by atoms with Gasteiger partial charge in [-0.3, -0.25) is 9.98 Å². The predicted octanol–water partition coefficient (Wildman–Crippen LogP) is 13.6. The fourth-order valence-corrected chi connectivity index (χ4v) is 5.42. The van der Waals surface area contributed by atoms with Gasteiger partial charge in [0.05, 0.1) is 11.4 Å². The Balaban J connectivity index is 0.000000220. The molecule has 6 aromatic rings. The van der Waals surface area contributed by atoms with Crippen LogP contribution in [-0.2, 0) is 27.9 Å². The third-order valence-electron chi connectivity index (χ3n) is 8.48. The number of hydrogen-bond donors (Lipinski definition) is 2. The number of hydrogen-bond acceptors (Lipinski definition) is 4. The maximum atomic E-state index is 10.6. The molecule has 0 aliphatic rings. The number of rotatable bonds is 6. The molecule has 6 rings (SSSR count). The second kappa shape index (κ2) is 19.6. The standard InChI is InChI=1S/2C23H23NO.2ClH.Ti/c2*1-23(2,3)19-12-14-20(15-13-19)24-16-18-10-7-11-21(22(18)25)17-8-5-4-6-9-17;;;/h2*4-16,25H,1-3H3;2*1H;/q;;;;+2/p-2. The van der Waals surface area contributed by atoms with Crippen molar-refractivity contribution in [2.24, 2.45) is 9.98 Å². The maximum absolute atomic E-state index is 10.6. The van der Waals surface area contributed by atoms with Gasteiger partial charge >= 0.3 is 35.6 Å². The zero-order valence-electron chi connectivity index (χ0n) is 31.1. The summed E-state index contributed by atoms with van der Waals surface area (Å²) in [7, 11) is 9.78.